The first-order valence-corrected chi connectivity index (χ1v) is 7.98. The molecule has 0 aromatic heterocycles. The van der Waals surface area contributed by atoms with Crippen LogP contribution in [-0.2, 0) is 0 Å². The van der Waals surface area contributed by atoms with Gasteiger partial charge in [-0.2, -0.15) is 0 Å². The fourth-order valence-electron chi connectivity index (χ4n) is 2.87. The lowest BCUT2D eigenvalue weighted by atomic mass is 9.96. The number of ether oxygens (including phenoxy) is 2. The van der Waals surface area contributed by atoms with Gasteiger partial charge in [-0.15, -0.1) is 0 Å². The lowest BCUT2D eigenvalue weighted by Crippen LogP contribution is -2.28. The third-order valence-electron chi connectivity index (χ3n) is 4.35. The van der Waals surface area contributed by atoms with Gasteiger partial charge in [0.1, 0.15) is 17.1 Å². The molecule has 0 saturated carbocycles. The molecule has 2 aromatic carbocycles. The van der Waals surface area contributed by atoms with Crippen molar-refractivity contribution < 1.29 is 14.3 Å². The van der Waals surface area contributed by atoms with E-state index in [0.717, 1.165) is 11.1 Å². The minimum absolute atomic E-state index is 0.119. The minimum atomic E-state index is -0.213. The summed E-state index contributed by atoms with van der Waals surface area (Å²) >= 11 is 0. The van der Waals surface area contributed by atoms with Crippen molar-refractivity contribution >= 4 is 5.91 Å². The van der Waals surface area contributed by atoms with Gasteiger partial charge in [-0.3, -0.25) is 4.79 Å². The molecule has 0 aliphatic rings. The second kappa shape index (κ2) is 7.39. The first-order chi connectivity index (χ1) is 11.4. The van der Waals surface area contributed by atoms with Crippen LogP contribution in [0.25, 0.3) is 0 Å². The van der Waals surface area contributed by atoms with Crippen molar-refractivity contribution in [2.45, 2.75) is 33.7 Å². The van der Waals surface area contributed by atoms with Gasteiger partial charge in [0.2, 0.25) is 0 Å². The Kier molecular flexibility index (Phi) is 5.50. The maximum Gasteiger partial charge on any atom is 0.259 e. The maximum absolute atomic E-state index is 12.8. The molecule has 0 aliphatic heterocycles. The summed E-state index contributed by atoms with van der Waals surface area (Å²) in [6.45, 7) is 8.22. The summed E-state index contributed by atoms with van der Waals surface area (Å²) in [4.78, 5) is 12.8. The normalized spacial score (nSPS) is 11.8. The van der Waals surface area contributed by atoms with Crippen LogP contribution in [0.3, 0.4) is 0 Å². The van der Waals surface area contributed by atoms with Crippen molar-refractivity contribution in [2.24, 2.45) is 0 Å². The van der Waals surface area contributed by atoms with E-state index in [2.05, 4.69) is 38.2 Å². The number of nitrogens with one attached hydrogen (secondary N) is 1. The molecule has 4 heteroatoms. The summed E-state index contributed by atoms with van der Waals surface area (Å²) in [6, 6.07) is 9.47. The monoisotopic (exact) mass is 327 g/mol. The highest BCUT2D eigenvalue weighted by Crippen LogP contribution is 2.29. The number of benzene rings is 2. The van der Waals surface area contributed by atoms with Crippen molar-refractivity contribution in [3.05, 3.63) is 58.1 Å². The number of hydrogen-bond acceptors (Lipinski definition) is 3. The number of hydrogen-bond donors (Lipinski definition) is 1. The number of aryl methyl sites for hydroxylation is 3. The van der Waals surface area contributed by atoms with Gasteiger partial charge >= 0.3 is 0 Å². The predicted molar refractivity (Wildman–Crippen MR) is 96.1 cm³/mol. The Hall–Kier alpha value is -2.49. The second-order valence-electron chi connectivity index (χ2n) is 6.03. The van der Waals surface area contributed by atoms with Crippen LogP contribution in [0.4, 0.5) is 0 Å². The molecule has 2 aromatic rings. The third-order valence-corrected chi connectivity index (χ3v) is 4.35. The number of methoxy groups -OCH3 is 2. The predicted octanol–water partition coefficient (Wildman–Crippen LogP) is 4.12. The Labute approximate surface area is 143 Å². The van der Waals surface area contributed by atoms with Crippen molar-refractivity contribution in [2.75, 3.05) is 14.2 Å². The zero-order valence-corrected chi connectivity index (χ0v) is 15.2. The van der Waals surface area contributed by atoms with Gasteiger partial charge in [-0.1, -0.05) is 18.2 Å². The van der Waals surface area contributed by atoms with Crippen LogP contribution in [0.2, 0.25) is 0 Å². The fraction of sp³-hybridized carbons (Fsp3) is 0.350. The Balaban J connectivity index is 2.32. The van der Waals surface area contributed by atoms with Crippen molar-refractivity contribution in [1.29, 1.82) is 0 Å². The molecule has 1 unspecified atom stereocenters. The molecule has 0 fully saturated rings. The van der Waals surface area contributed by atoms with Gasteiger partial charge < -0.3 is 14.8 Å². The van der Waals surface area contributed by atoms with E-state index in [9.17, 15) is 4.79 Å². The Morgan fingerprint density at radius 3 is 2.04 bits per heavy atom. The Morgan fingerprint density at radius 1 is 0.958 bits per heavy atom. The highest BCUT2D eigenvalue weighted by Gasteiger charge is 2.21. The lowest BCUT2D eigenvalue weighted by Gasteiger charge is -2.20. The molecule has 24 heavy (non-hydrogen) atoms. The topological polar surface area (TPSA) is 47.6 Å². The molecule has 0 bridgehead atoms. The van der Waals surface area contributed by atoms with E-state index < -0.39 is 0 Å². The Morgan fingerprint density at radius 2 is 1.50 bits per heavy atom. The largest absolute Gasteiger partial charge is 0.496 e. The van der Waals surface area contributed by atoms with Crippen molar-refractivity contribution in [1.82, 2.24) is 5.32 Å². The van der Waals surface area contributed by atoms with Gasteiger partial charge in [-0.25, -0.2) is 0 Å². The highest BCUT2D eigenvalue weighted by molar-refractivity contribution is 6.00. The fourth-order valence-corrected chi connectivity index (χ4v) is 2.87. The van der Waals surface area contributed by atoms with Crippen LogP contribution < -0.4 is 14.8 Å². The maximum atomic E-state index is 12.8. The highest BCUT2D eigenvalue weighted by atomic mass is 16.5. The summed E-state index contributed by atoms with van der Waals surface area (Å²) in [7, 11) is 3.09. The molecular formula is C20H25NO3. The van der Waals surface area contributed by atoms with Crippen LogP contribution >= 0.6 is 0 Å². The average molecular weight is 327 g/mol. The molecule has 0 saturated heterocycles. The van der Waals surface area contributed by atoms with Crippen LogP contribution in [0.15, 0.2) is 30.3 Å². The van der Waals surface area contributed by atoms with Crippen LogP contribution in [0.1, 0.15) is 45.6 Å². The van der Waals surface area contributed by atoms with Gasteiger partial charge in [-0.05, 0) is 62.1 Å². The molecule has 2 rings (SSSR count). The summed E-state index contributed by atoms with van der Waals surface area (Å²) < 4.78 is 10.6. The van der Waals surface area contributed by atoms with Crippen molar-refractivity contribution in [3.8, 4) is 11.5 Å². The van der Waals surface area contributed by atoms with Crippen LogP contribution in [0, 0.1) is 20.8 Å². The molecule has 0 radical (unpaired) electrons. The molecule has 1 N–H and O–H groups in total. The molecule has 0 heterocycles. The van der Waals surface area contributed by atoms with E-state index in [1.165, 1.54) is 11.1 Å². The summed E-state index contributed by atoms with van der Waals surface area (Å²) in [5.41, 5.74) is 5.15. The summed E-state index contributed by atoms with van der Waals surface area (Å²) in [6.07, 6.45) is 0. The molecule has 0 spiro atoms. The van der Waals surface area contributed by atoms with E-state index in [4.69, 9.17) is 9.47 Å². The van der Waals surface area contributed by atoms with E-state index in [1.807, 2.05) is 6.92 Å². The van der Waals surface area contributed by atoms with Gasteiger partial charge in [0, 0.05) is 0 Å². The molecule has 1 atom stereocenters. The molecule has 1 amide bonds. The zero-order valence-electron chi connectivity index (χ0n) is 15.2. The van der Waals surface area contributed by atoms with E-state index in [-0.39, 0.29) is 11.9 Å². The average Bonchev–Trinajstić information content (AvgIpc) is 2.56. The quantitative estimate of drug-likeness (QED) is 0.898. The molecule has 128 valence electrons. The smallest absolute Gasteiger partial charge is 0.259 e. The summed E-state index contributed by atoms with van der Waals surface area (Å²) in [5, 5.41) is 3.05. The molecule has 4 nitrogen and oxygen atoms in total. The van der Waals surface area contributed by atoms with Crippen molar-refractivity contribution in [3.63, 3.8) is 0 Å². The van der Waals surface area contributed by atoms with Gasteiger partial charge in [0.15, 0.2) is 0 Å². The second-order valence-corrected chi connectivity index (χ2v) is 6.03. The number of carbonyl (C=O) groups excluding carboxylic acids is 1. The standard InChI is InChI=1S/C20H25NO3/c1-12-10-14(3)16(11-13(12)2)15(4)21-20(22)19-17(23-5)8-7-9-18(19)24-6/h7-11,15H,1-6H3,(H,21,22). The third kappa shape index (κ3) is 3.53. The van der Waals surface area contributed by atoms with Crippen LogP contribution in [-0.4, -0.2) is 20.1 Å². The Bertz CT molecular complexity index is 731. The van der Waals surface area contributed by atoms with Crippen LogP contribution in [0.5, 0.6) is 11.5 Å². The van der Waals surface area contributed by atoms with E-state index >= 15 is 0 Å². The molecule has 0 aliphatic carbocycles. The lowest BCUT2D eigenvalue weighted by molar-refractivity contribution is 0.0933. The van der Waals surface area contributed by atoms with E-state index in [1.54, 1.807) is 32.4 Å². The first kappa shape index (κ1) is 17.9. The number of amides is 1. The van der Waals surface area contributed by atoms with E-state index in [0.29, 0.717) is 17.1 Å². The summed E-state index contributed by atoms with van der Waals surface area (Å²) in [5.74, 6) is 0.779. The minimum Gasteiger partial charge on any atom is -0.496 e. The number of carbonyl (C=O) groups is 1. The zero-order chi connectivity index (χ0) is 17.9. The molecular weight excluding hydrogens is 302 g/mol. The van der Waals surface area contributed by atoms with Gasteiger partial charge in [0.05, 0.1) is 20.3 Å². The van der Waals surface area contributed by atoms with Gasteiger partial charge in [0.25, 0.3) is 5.91 Å². The number of rotatable bonds is 5. The first-order valence-electron chi connectivity index (χ1n) is 7.98. The SMILES string of the molecule is COc1cccc(OC)c1C(=O)NC(C)c1cc(C)c(C)cc1C.